The number of hydrogen-bond acceptors (Lipinski definition) is 1. The van der Waals surface area contributed by atoms with Crippen LogP contribution < -0.4 is 0 Å². The van der Waals surface area contributed by atoms with Crippen molar-refractivity contribution in [2.45, 2.75) is 44.7 Å². The Morgan fingerprint density at radius 2 is 1.83 bits per heavy atom. The molecule has 70 valence electrons. The lowest BCUT2D eigenvalue weighted by Gasteiger charge is -2.30. The first-order chi connectivity index (χ1) is 5.31. The summed E-state index contributed by atoms with van der Waals surface area (Å²) in [5.41, 5.74) is 0. The molecule has 0 aliphatic rings. The second-order valence-electron chi connectivity index (χ2n) is 3.97. The molecule has 0 atom stereocenters. The highest BCUT2D eigenvalue weighted by Gasteiger charge is 2.41. The van der Waals surface area contributed by atoms with Crippen LogP contribution in [0.1, 0.15) is 33.6 Å². The molecule has 12 heavy (non-hydrogen) atoms. The number of unbranched alkanes of at least 4 members (excludes halogenated alkanes) is 1. The molecule has 0 amide bonds. The van der Waals surface area contributed by atoms with E-state index in [1.807, 2.05) is 0 Å². The summed E-state index contributed by atoms with van der Waals surface area (Å²) in [5.74, 6) is 0. The molecule has 0 aromatic carbocycles. The first-order valence-corrected chi connectivity index (χ1v) is 8.29. The van der Waals surface area contributed by atoms with Crippen molar-refractivity contribution in [1.29, 1.82) is 5.26 Å². The molecule has 0 bridgehead atoms. The molecule has 0 aliphatic carbocycles. The van der Waals surface area contributed by atoms with Crippen molar-refractivity contribution in [3.05, 3.63) is 0 Å². The van der Waals surface area contributed by atoms with Gasteiger partial charge in [-0.25, -0.2) is 0 Å². The zero-order valence-electron chi connectivity index (χ0n) is 7.82. The number of hydrogen-bond donors (Lipinski definition) is 0. The fourth-order valence-corrected chi connectivity index (χ4v) is 2.94. The summed E-state index contributed by atoms with van der Waals surface area (Å²) in [7, 11) is 0. The van der Waals surface area contributed by atoms with E-state index >= 15 is 0 Å². The van der Waals surface area contributed by atoms with Gasteiger partial charge in [0.05, 0.1) is 6.07 Å². The Morgan fingerprint density at radius 1 is 1.33 bits per heavy atom. The highest BCUT2D eigenvalue weighted by atomic mass is 35.7. The van der Waals surface area contributed by atoms with E-state index < -0.39 is 6.69 Å². The van der Waals surface area contributed by atoms with Gasteiger partial charge in [0.25, 0.3) is 6.69 Å². The van der Waals surface area contributed by atoms with E-state index in [9.17, 15) is 0 Å². The molecule has 0 aromatic rings. The Labute approximate surface area is 85.1 Å². The van der Waals surface area contributed by atoms with Gasteiger partial charge in [0.15, 0.2) is 0 Å². The molecule has 0 rings (SSSR count). The Hall–Kier alpha value is 0.287. The maximum Gasteiger partial charge on any atom is 0.256 e. The third-order valence-corrected chi connectivity index (χ3v) is 9.59. The molecule has 0 spiro atoms. The van der Waals surface area contributed by atoms with Gasteiger partial charge < -0.3 is 0 Å². The topological polar surface area (TPSA) is 23.8 Å². The SMILES string of the molecule is CC(C)(C)[Si](Cl)(Cl)CCCC#N. The fourth-order valence-electron chi connectivity index (χ4n) is 0.764. The van der Waals surface area contributed by atoms with Gasteiger partial charge in [-0.15, -0.1) is 22.2 Å². The van der Waals surface area contributed by atoms with Crippen molar-refractivity contribution in [2.24, 2.45) is 0 Å². The fraction of sp³-hybridized carbons (Fsp3) is 0.875. The maximum absolute atomic E-state index is 8.35. The molecule has 4 heteroatoms. The van der Waals surface area contributed by atoms with E-state index in [1.54, 1.807) is 0 Å². The summed E-state index contributed by atoms with van der Waals surface area (Å²) in [6.45, 7) is 4.03. The van der Waals surface area contributed by atoms with Crippen molar-refractivity contribution >= 4 is 28.9 Å². The lowest BCUT2D eigenvalue weighted by Crippen LogP contribution is -2.31. The minimum absolute atomic E-state index is 0.00552. The van der Waals surface area contributed by atoms with E-state index in [0.29, 0.717) is 6.42 Å². The highest BCUT2D eigenvalue weighted by Crippen LogP contribution is 2.45. The van der Waals surface area contributed by atoms with Gasteiger partial charge in [0.2, 0.25) is 0 Å². The van der Waals surface area contributed by atoms with Crippen LogP contribution in [-0.2, 0) is 0 Å². The third kappa shape index (κ3) is 3.80. The van der Waals surface area contributed by atoms with Gasteiger partial charge in [-0.1, -0.05) is 20.8 Å². The highest BCUT2D eigenvalue weighted by molar-refractivity contribution is 7.46. The first-order valence-electron chi connectivity index (χ1n) is 4.06. The normalized spacial score (nSPS) is 12.7. The van der Waals surface area contributed by atoms with E-state index in [0.717, 1.165) is 12.5 Å². The Balaban J connectivity index is 3.98. The van der Waals surface area contributed by atoms with E-state index in [1.165, 1.54) is 0 Å². The van der Waals surface area contributed by atoms with Gasteiger partial charge in [-0.3, -0.25) is 0 Å². The van der Waals surface area contributed by atoms with Crippen LogP contribution in [0.3, 0.4) is 0 Å². The quantitative estimate of drug-likeness (QED) is 0.403. The van der Waals surface area contributed by atoms with E-state index in [2.05, 4.69) is 26.8 Å². The van der Waals surface area contributed by atoms with Crippen LogP contribution in [-0.4, -0.2) is 6.69 Å². The molecule has 0 fully saturated rings. The summed E-state index contributed by atoms with van der Waals surface area (Å²) in [5, 5.41) is 8.35. The maximum atomic E-state index is 8.35. The predicted molar refractivity (Wildman–Crippen MR) is 56.8 cm³/mol. The van der Waals surface area contributed by atoms with Crippen LogP contribution in [0.4, 0.5) is 0 Å². The molecule has 0 saturated heterocycles. The van der Waals surface area contributed by atoms with E-state index in [4.69, 9.17) is 27.4 Å². The average molecular weight is 224 g/mol. The smallest absolute Gasteiger partial charge is 0.198 e. The molecule has 0 saturated carbocycles. The third-order valence-electron chi connectivity index (χ3n) is 1.88. The minimum atomic E-state index is -2.15. The predicted octanol–water partition coefficient (Wildman–Crippen LogP) is 4.01. The van der Waals surface area contributed by atoms with Gasteiger partial charge in [0, 0.05) is 6.42 Å². The van der Waals surface area contributed by atoms with Crippen molar-refractivity contribution in [2.75, 3.05) is 0 Å². The molecule has 0 N–H and O–H groups in total. The minimum Gasteiger partial charge on any atom is -0.198 e. The summed E-state index contributed by atoms with van der Waals surface area (Å²) >= 11 is 12.5. The molecule has 0 aliphatic heterocycles. The molecular formula is C8H15Cl2NSi. The van der Waals surface area contributed by atoms with Crippen LogP contribution >= 0.6 is 22.2 Å². The molecule has 0 radical (unpaired) electrons. The Kier molecular flexibility index (Phi) is 4.61. The largest absolute Gasteiger partial charge is 0.256 e. The van der Waals surface area contributed by atoms with Crippen molar-refractivity contribution < 1.29 is 0 Å². The van der Waals surface area contributed by atoms with Crippen molar-refractivity contribution in [3.8, 4) is 6.07 Å². The zero-order valence-corrected chi connectivity index (χ0v) is 10.3. The van der Waals surface area contributed by atoms with Crippen LogP contribution in [0.2, 0.25) is 11.1 Å². The number of halogens is 2. The number of nitriles is 1. The van der Waals surface area contributed by atoms with Crippen LogP contribution in [0, 0.1) is 11.3 Å². The first kappa shape index (κ1) is 12.3. The van der Waals surface area contributed by atoms with Crippen LogP contribution in [0.25, 0.3) is 0 Å². The summed E-state index contributed by atoms with van der Waals surface area (Å²) in [6.07, 6.45) is 1.39. The lowest BCUT2D eigenvalue weighted by atomic mass is 10.2. The Bertz CT molecular complexity index is 178. The van der Waals surface area contributed by atoms with Gasteiger partial charge >= 0.3 is 0 Å². The summed E-state index contributed by atoms with van der Waals surface area (Å²) in [6, 6.07) is 2.91. The van der Waals surface area contributed by atoms with Crippen LogP contribution in [0.5, 0.6) is 0 Å². The van der Waals surface area contributed by atoms with Gasteiger partial charge in [0.1, 0.15) is 0 Å². The molecule has 0 unspecified atom stereocenters. The van der Waals surface area contributed by atoms with Gasteiger partial charge in [-0.2, -0.15) is 5.26 Å². The lowest BCUT2D eigenvalue weighted by molar-refractivity contribution is 0.730. The second-order valence-corrected chi connectivity index (χ2v) is 11.8. The molecule has 1 nitrogen and oxygen atoms in total. The summed E-state index contributed by atoms with van der Waals surface area (Å²) in [4.78, 5) is 0. The summed E-state index contributed by atoms with van der Waals surface area (Å²) < 4.78 is 0. The molecular weight excluding hydrogens is 209 g/mol. The standard InChI is InChI=1S/C8H15Cl2NSi/c1-8(2,3)12(9,10)7-5-4-6-11/h4-5,7H2,1-3H3. The van der Waals surface area contributed by atoms with E-state index in [-0.39, 0.29) is 5.04 Å². The average Bonchev–Trinajstić information content (AvgIpc) is 1.85. The van der Waals surface area contributed by atoms with Crippen molar-refractivity contribution in [1.82, 2.24) is 0 Å². The van der Waals surface area contributed by atoms with Crippen molar-refractivity contribution in [3.63, 3.8) is 0 Å². The monoisotopic (exact) mass is 223 g/mol. The number of rotatable bonds is 3. The molecule has 0 aromatic heterocycles. The second kappa shape index (κ2) is 4.50. The number of nitrogens with zero attached hydrogens (tertiary/aromatic N) is 1. The Morgan fingerprint density at radius 3 is 2.17 bits per heavy atom. The zero-order chi connectivity index (χ0) is 9.83. The van der Waals surface area contributed by atoms with Crippen LogP contribution in [0.15, 0.2) is 0 Å². The van der Waals surface area contributed by atoms with Gasteiger partial charge in [-0.05, 0) is 17.5 Å². The molecule has 0 heterocycles.